The molecule has 0 saturated carbocycles. The summed E-state index contributed by atoms with van der Waals surface area (Å²) in [4.78, 5) is 16.5. The van der Waals surface area contributed by atoms with Gasteiger partial charge in [-0.2, -0.15) is 18.3 Å². The summed E-state index contributed by atoms with van der Waals surface area (Å²) in [5.41, 5.74) is 1.01. The first-order valence-corrected chi connectivity index (χ1v) is 8.89. The Kier molecular flexibility index (Phi) is 5.67. The van der Waals surface area contributed by atoms with Gasteiger partial charge in [-0.05, 0) is 30.7 Å². The molecule has 3 heterocycles. The summed E-state index contributed by atoms with van der Waals surface area (Å²) >= 11 is 0. The molecule has 0 saturated heterocycles. The number of alkyl halides is 3. The molecule has 3 aromatic rings. The third-order valence-electron chi connectivity index (χ3n) is 4.56. The molecule has 6 nitrogen and oxygen atoms in total. The van der Waals surface area contributed by atoms with E-state index in [2.05, 4.69) is 21.8 Å². The molecule has 0 aromatic carbocycles. The number of nitrogens with zero attached hydrogens (tertiary/aromatic N) is 4. The van der Waals surface area contributed by atoms with E-state index in [1.54, 1.807) is 24.4 Å². The molecule has 0 aliphatic heterocycles. The molecule has 152 valence electrons. The lowest BCUT2D eigenvalue weighted by Crippen LogP contribution is -2.08. The van der Waals surface area contributed by atoms with Crippen molar-refractivity contribution in [2.45, 2.75) is 31.9 Å². The largest absolute Gasteiger partial charge is 0.435 e. The van der Waals surface area contributed by atoms with Gasteiger partial charge in [0.1, 0.15) is 17.1 Å². The van der Waals surface area contributed by atoms with Crippen LogP contribution in [0.15, 0.2) is 41.6 Å². The first kappa shape index (κ1) is 20.5. The minimum absolute atomic E-state index is 0.0594. The van der Waals surface area contributed by atoms with E-state index in [0.717, 1.165) is 16.3 Å². The maximum absolute atomic E-state index is 12.8. The zero-order valence-electron chi connectivity index (χ0n) is 15.9. The summed E-state index contributed by atoms with van der Waals surface area (Å²) < 4.78 is 44.6. The molecule has 3 aromatic heterocycles. The van der Waals surface area contributed by atoms with Gasteiger partial charge in [0, 0.05) is 37.2 Å². The fraction of sp³-hybridized carbons (Fsp3) is 0.300. The Morgan fingerprint density at radius 1 is 1.34 bits per heavy atom. The summed E-state index contributed by atoms with van der Waals surface area (Å²) in [5, 5.41) is 7.42. The van der Waals surface area contributed by atoms with Crippen LogP contribution in [0.25, 0.3) is 17.3 Å². The van der Waals surface area contributed by atoms with E-state index in [1.165, 1.54) is 7.05 Å². The van der Waals surface area contributed by atoms with Crippen LogP contribution in [0.4, 0.5) is 13.2 Å². The second-order valence-corrected chi connectivity index (χ2v) is 6.69. The Balaban J connectivity index is 1.66. The fourth-order valence-electron chi connectivity index (χ4n) is 2.86. The van der Waals surface area contributed by atoms with Gasteiger partial charge in [-0.15, -0.1) is 0 Å². The standard InChI is InChI=1S/C20H19F3N4O2/c1-4-14-9-13(7-8-24-14)15-10-18(29-26-15)12(2)5-6-17(28)16-11-19(20(21,22)23)25-27(16)3/h4,7-12H,1,5-6H2,2-3H3/t12-/m1/s1. The second-order valence-electron chi connectivity index (χ2n) is 6.69. The van der Waals surface area contributed by atoms with Crippen molar-refractivity contribution in [3.05, 3.63) is 59.9 Å². The highest BCUT2D eigenvalue weighted by Gasteiger charge is 2.35. The summed E-state index contributed by atoms with van der Waals surface area (Å²) in [6.07, 6.45) is -0.857. The smallest absolute Gasteiger partial charge is 0.361 e. The number of carbonyl (C=O) groups is 1. The van der Waals surface area contributed by atoms with Crippen molar-refractivity contribution in [2.75, 3.05) is 0 Å². The van der Waals surface area contributed by atoms with Crippen LogP contribution in [-0.4, -0.2) is 25.7 Å². The fourth-order valence-corrected chi connectivity index (χ4v) is 2.86. The van der Waals surface area contributed by atoms with E-state index in [1.807, 2.05) is 13.0 Å². The predicted octanol–water partition coefficient (Wildman–Crippen LogP) is 4.90. The summed E-state index contributed by atoms with van der Waals surface area (Å²) in [7, 11) is 1.32. The highest BCUT2D eigenvalue weighted by molar-refractivity contribution is 5.94. The molecule has 0 aliphatic carbocycles. The van der Waals surface area contributed by atoms with Gasteiger partial charge in [-0.3, -0.25) is 14.5 Å². The van der Waals surface area contributed by atoms with E-state index >= 15 is 0 Å². The first-order valence-electron chi connectivity index (χ1n) is 8.89. The summed E-state index contributed by atoms with van der Waals surface area (Å²) in [6, 6.07) is 6.18. The summed E-state index contributed by atoms with van der Waals surface area (Å²) in [6.45, 7) is 5.54. The third-order valence-corrected chi connectivity index (χ3v) is 4.56. The summed E-state index contributed by atoms with van der Waals surface area (Å²) in [5.74, 6) is 0.0359. The van der Waals surface area contributed by atoms with Crippen LogP contribution in [0.2, 0.25) is 0 Å². The van der Waals surface area contributed by atoms with Gasteiger partial charge in [-0.1, -0.05) is 18.7 Å². The Bertz CT molecular complexity index is 1040. The quantitative estimate of drug-likeness (QED) is 0.524. The van der Waals surface area contributed by atoms with Crippen LogP contribution in [0.5, 0.6) is 0 Å². The van der Waals surface area contributed by atoms with Crippen LogP contribution >= 0.6 is 0 Å². The third kappa shape index (κ3) is 4.61. The lowest BCUT2D eigenvalue weighted by atomic mass is 9.99. The van der Waals surface area contributed by atoms with Crippen molar-refractivity contribution in [3.8, 4) is 11.3 Å². The van der Waals surface area contributed by atoms with Gasteiger partial charge in [0.2, 0.25) is 0 Å². The van der Waals surface area contributed by atoms with Crippen LogP contribution in [0.1, 0.15) is 53.3 Å². The maximum Gasteiger partial charge on any atom is 0.435 e. The number of Topliss-reactive ketones (excluding diaryl/α,β-unsaturated/α-hetero) is 1. The average molecular weight is 404 g/mol. The van der Waals surface area contributed by atoms with Crippen LogP contribution in [-0.2, 0) is 13.2 Å². The number of pyridine rings is 1. The van der Waals surface area contributed by atoms with Crippen molar-refractivity contribution in [1.82, 2.24) is 19.9 Å². The maximum atomic E-state index is 12.8. The molecule has 0 radical (unpaired) electrons. The molecule has 0 aliphatic rings. The zero-order valence-corrected chi connectivity index (χ0v) is 15.9. The molecule has 0 amide bonds. The van der Waals surface area contributed by atoms with Crippen LogP contribution < -0.4 is 0 Å². The van der Waals surface area contributed by atoms with Crippen molar-refractivity contribution in [3.63, 3.8) is 0 Å². The molecule has 9 heteroatoms. The molecule has 0 spiro atoms. The molecule has 0 N–H and O–H groups in total. The lowest BCUT2D eigenvalue weighted by molar-refractivity contribution is -0.141. The number of carbonyl (C=O) groups excluding carboxylic acids is 1. The molecule has 29 heavy (non-hydrogen) atoms. The average Bonchev–Trinajstić information content (AvgIpc) is 3.33. The number of halogens is 3. The minimum atomic E-state index is -4.59. The highest BCUT2D eigenvalue weighted by Crippen LogP contribution is 2.30. The second kappa shape index (κ2) is 8.02. The molecular formula is C20H19F3N4O2. The van der Waals surface area contributed by atoms with Gasteiger partial charge in [0.25, 0.3) is 0 Å². The van der Waals surface area contributed by atoms with E-state index < -0.39 is 17.7 Å². The van der Waals surface area contributed by atoms with Gasteiger partial charge in [0.05, 0.1) is 5.69 Å². The zero-order chi connectivity index (χ0) is 21.2. The molecule has 0 fully saturated rings. The molecule has 0 bridgehead atoms. The normalized spacial score (nSPS) is 12.7. The Morgan fingerprint density at radius 3 is 2.76 bits per heavy atom. The first-order chi connectivity index (χ1) is 13.7. The van der Waals surface area contributed by atoms with E-state index in [-0.39, 0.29) is 18.0 Å². The number of hydrogen-bond acceptors (Lipinski definition) is 5. The monoisotopic (exact) mass is 404 g/mol. The number of aromatic nitrogens is 4. The van der Waals surface area contributed by atoms with E-state index in [4.69, 9.17) is 4.52 Å². The van der Waals surface area contributed by atoms with E-state index in [0.29, 0.717) is 23.6 Å². The van der Waals surface area contributed by atoms with Gasteiger partial charge < -0.3 is 4.52 Å². The van der Waals surface area contributed by atoms with Crippen molar-refractivity contribution < 1.29 is 22.5 Å². The number of hydrogen-bond donors (Lipinski definition) is 0. The van der Waals surface area contributed by atoms with Crippen molar-refractivity contribution >= 4 is 11.9 Å². The SMILES string of the molecule is C=Cc1cc(-c2cc([C@H](C)CCC(=O)c3cc(C(F)(F)F)nn3C)on2)ccn1. The van der Waals surface area contributed by atoms with Crippen molar-refractivity contribution in [2.24, 2.45) is 7.05 Å². The Labute approximate surface area is 165 Å². The molecule has 0 unspecified atom stereocenters. The lowest BCUT2D eigenvalue weighted by Gasteiger charge is -2.06. The minimum Gasteiger partial charge on any atom is -0.361 e. The Hall–Kier alpha value is -3.23. The van der Waals surface area contributed by atoms with Gasteiger partial charge >= 0.3 is 6.18 Å². The van der Waals surface area contributed by atoms with Crippen molar-refractivity contribution in [1.29, 1.82) is 0 Å². The van der Waals surface area contributed by atoms with Crippen LogP contribution in [0, 0.1) is 0 Å². The highest BCUT2D eigenvalue weighted by atomic mass is 19.4. The molecule has 3 rings (SSSR count). The van der Waals surface area contributed by atoms with E-state index in [9.17, 15) is 18.0 Å². The van der Waals surface area contributed by atoms with Crippen LogP contribution in [0.3, 0.4) is 0 Å². The molecule has 1 atom stereocenters. The van der Waals surface area contributed by atoms with Gasteiger partial charge in [-0.25, -0.2) is 0 Å². The topological polar surface area (TPSA) is 73.8 Å². The Morgan fingerprint density at radius 2 is 2.10 bits per heavy atom. The number of aryl methyl sites for hydroxylation is 1. The predicted molar refractivity (Wildman–Crippen MR) is 100 cm³/mol. The number of ketones is 1. The number of rotatable bonds is 7. The molecular weight excluding hydrogens is 385 g/mol. The van der Waals surface area contributed by atoms with Gasteiger partial charge in [0.15, 0.2) is 11.5 Å².